The average Bonchev–Trinajstić information content (AvgIpc) is 2.23. The van der Waals surface area contributed by atoms with Gasteiger partial charge in [0.25, 0.3) is 9.05 Å². The number of aromatic nitrogens is 1. The van der Waals surface area contributed by atoms with Crippen LogP contribution < -0.4 is 4.74 Å². The lowest BCUT2D eigenvalue weighted by Crippen LogP contribution is -2.22. The lowest BCUT2D eigenvalue weighted by molar-refractivity contribution is -0.277. The minimum atomic E-state index is -5.58. The van der Waals surface area contributed by atoms with Gasteiger partial charge in [0.2, 0.25) is 5.03 Å². The van der Waals surface area contributed by atoms with Crippen molar-refractivity contribution in [2.24, 2.45) is 0 Å². The van der Waals surface area contributed by atoms with E-state index in [2.05, 4.69) is 9.72 Å². The molecule has 0 unspecified atom stereocenters. The molecule has 13 heteroatoms. The molecule has 1 aromatic heterocycles. The van der Waals surface area contributed by atoms with Crippen molar-refractivity contribution in [3.05, 3.63) is 17.3 Å². The van der Waals surface area contributed by atoms with Crippen LogP contribution in [0.15, 0.2) is 11.1 Å². The maximum absolute atomic E-state index is 12.8. The second-order valence-electron chi connectivity index (χ2n) is 3.41. The summed E-state index contributed by atoms with van der Waals surface area (Å²) in [5.74, 6) is -2.74. The first-order valence-corrected chi connectivity index (χ1v) is 7.47. The zero-order valence-electron chi connectivity index (χ0n) is 9.39. The maximum atomic E-state index is 12.8. The van der Waals surface area contributed by atoms with Crippen molar-refractivity contribution in [3.63, 3.8) is 0 Å². The first kappa shape index (κ1) is 18.1. The van der Waals surface area contributed by atoms with E-state index < -0.39 is 49.5 Å². The van der Waals surface area contributed by atoms with Gasteiger partial charge in [-0.3, -0.25) is 0 Å². The molecule has 0 aromatic carbocycles. The van der Waals surface area contributed by atoms with Crippen molar-refractivity contribution in [1.29, 1.82) is 0 Å². The molecule has 0 aliphatic heterocycles. The molecule has 0 saturated carbocycles. The van der Waals surface area contributed by atoms with Gasteiger partial charge >= 0.3 is 12.5 Å². The van der Waals surface area contributed by atoms with E-state index in [9.17, 15) is 34.8 Å². The summed E-state index contributed by atoms with van der Waals surface area (Å²) in [5, 5.41) is -1.72. The van der Waals surface area contributed by atoms with Crippen LogP contribution in [-0.4, -0.2) is 19.8 Å². The Labute approximate surface area is 123 Å². The van der Waals surface area contributed by atoms with Gasteiger partial charge in [-0.25, -0.2) is 13.4 Å². The van der Waals surface area contributed by atoms with Gasteiger partial charge in [0.05, 0.1) is 11.6 Å². The van der Waals surface area contributed by atoms with Crippen molar-refractivity contribution in [1.82, 2.24) is 4.98 Å². The van der Waals surface area contributed by atoms with E-state index in [4.69, 9.17) is 22.3 Å². The van der Waals surface area contributed by atoms with Gasteiger partial charge in [0.1, 0.15) is 5.56 Å². The van der Waals surface area contributed by atoms with Gasteiger partial charge in [-0.2, -0.15) is 13.2 Å². The number of rotatable bonds is 3. The summed E-state index contributed by atoms with van der Waals surface area (Å²) in [6, 6.07) is 0.139. The lowest BCUT2D eigenvalue weighted by Gasteiger charge is -2.17. The number of pyridine rings is 1. The standard InChI is InChI=1S/C8H3Cl2F6NO3S/c9-2-3-1-4(7(11,12)13)5(20-8(14,15)16)6(17-3)21(10,18)19/h1H,2H2. The van der Waals surface area contributed by atoms with Crippen LogP contribution in [0.1, 0.15) is 11.3 Å². The van der Waals surface area contributed by atoms with Gasteiger partial charge in [0, 0.05) is 10.7 Å². The van der Waals surface area contributed by atoms with Crippen molar-refractivity contribution in [2.75, 3.05) is 0 Å². The van der Waals surface area contributed by atoms with Gasteiger partial charge < -0.3 is 4.74 Å². The molecule has 0 radical (unpaired) electrons. The summed E-state index contributed by atoms with van der Waals surface area (Å²) < 4.78 is 100. The van der Waals surface area contributed by atoms with E-state index in [1.54, 1.807) is 0 Å². The molecule has 0 aliphatic carbocycles. The number of alkyl halides is 7. The molecular weight excluding hydrogens is 375 g/mol. The molecule has 1 rings (SSSR count). The average molecular weight is 378 g/mol. The predicted molar refractivity (Wildman–Crippen MR) is 58.5 cm³/mol. The smallest absolute Gasteiger partial charge is 0.402 e. The normalized spacial score (nSPS) is 13.3. The van der Waals surface area contributed by atoms with Gasteiger partial charge in [0.15, 0.2) is 5.75 Å². The SMILES string of the molecule is O=S(=O)(Cl)c1nc(CCl)cc(C(F)(F)F)c1OC(F)(F)F. The minimum absolute atomic E-state index is 0.139. The number of hydrogen-bond acceptors (Lipinski definition) is 4. The van der Waals surface area contributed by atoms with Gasteiger partial charge in [-0.15, -0.1) is 24.8 Å². The fourth-order valence-corrected chi connectivity index (χ4v) is 2.27. The summed E-state index contributed by atoms with van der Waals surface area (Å²) in [6.07, 6.45) is -10.9. The third-order valence-corrected chi connectivity index (χ3v) is 3.34. The van der Waals surface area contributed by atoms with E-state index in [-0.39, 0.29) is 6.07 Å². The zero-order valence-corrected chi connectivity index (χ0v) is 11.7. The Balaban J connectivity index is 3.76. The van der Waals surface area contributed by atoms with Crippen molar-refractivity contribution in [3.8, 4) is 5.75 Å². The van der Waals surface area contributed by atoms with E-state index in [0.29, 0.717) is 0 Å². The number of ether oxygens (including phenoxy) is 1. The molecule has 21 heavy (non-hydrogen) atoms. The molecule has 1 heterocycles. The molecule has 0 atom stereocenters. The number of hydrogen-bond donors (Lipinski definition) is 0. The molecule has 0 spiro atoms. The van der Waals surface area contributed by atoms with Gasteiger partial charge in [-0.1, -0.05) is 0 Å². The summed E-state index contributed by atoms with van der Waals surface area (Å²) in [6.45, 7) is 0. The Morgan fingerprint density at radius 2 is 1.71 bits per heavy atom. The Morgan fingerprint density at radius 1 is 1.19 bits per heavy atom. The second-order valence-corrected chi connectivity index (χ2v) is 6.16. The third kappa shape index (κ3) is 4.78. The Morgan fingerprint density at radius 3 is 2.05 bits per heavy atom. The fourth-order valence-electron chi connectivity index (χ4n) is 1.22. The van der Waals surface area contributed by atoms with Crippen LogP contribution in [0, 0.1) is 0 Å². The monoisotopic (exact) mass is 377 g/mol. The van der Waals surface area contributed by atoms with Crippen LogP contribution in [0.4, 0.5) is 26.3 Å². The molecule has 0 N–H and O–H groups in total. The van der Waals surface area contributed by atoms with Crippen LogP contribution in [-0.2, 0) is 21.1 Å². The molecule has 4 nitrogen and oxygen atoms in total. The first-order chi connectivity index (χ1) is 9.25. The van der Waals surface area contributed by atoms with Crippen LogP contribution in [0.25, 0.3) is 0 Å². The zero-order chi connectivity index (χ0) is 16.6. The van der Waals surface area contributed by atoms with E-state index in [1.165, 1.54) is 0 Å². The molecule has 0 fully saturated rings. The topological polar surface area (TPSA) is 56.3 Å². The predicted octanol–water partition coefficient (Wildman–Crippen LogP) is 3.67. The fraction of sp³-hybridized carbons (Fsp3) is 0.375. The molecule has 120 valence electrons. The summed E-state index contributed by atoms with van der Waals surface area (Å²) in [4.78, 5) is 3.04. The van der Waals surface area contributed by atoms with E-state index >= 15 is 0 Å². The summed E-state index contributed by atoms with van der Waals surface area (Å²) in [5.41, 5.74) is -2.65. The Hall–Kier alpha value is -0.940. The first-order valence-electron chi connectivity index (χ1n) is 4.63. The molecule has 1 aromatic rings. The van der Waals surface area contributed by atoms with Crippen molar-refractivity contribution < 1.29 is 39.5 Å². The van der Waals surface area contributed by atoms with E-state index in [1.807, 2.05) is 0 Å². The second kappa shape index (κ2) is 5.69. The van der Waals surface area contributed by atoms with Crippen LogP contribution in [0.2, 0.25) is 0 Å². The van der Waals surface area contributed by atoms with Crippen molar-refractivity contribution in [2.45, 2.75) is 23.4 Å². The summed E-state index contributed by atoms with van der Waals surface area (Å²) in [7, 11) is -0.248. The Bertz CT molecular complexity index is 643. The molecular formula is C8H3Cl2F6NO3S. The lowest BCUT2D eigenvalue weighted by atomic mass is 10.2. The van der Waals surface area contributed by atoms with Crippen LogP contribution in [0.5, 0.6) is 5.75 Å². The summed E-state index contributed by atoms with van der Waals surface area (Å²) >= 11 is 5.23. The van der Waals surface area contributed by atoms with Crippen molar-refractivity contribution >= 4 is 31.3 Å². The molecule has 0 bridgehead atoms. The number of halogens is 8. The third-order valence-electron chi connectivity index (χ3n) is 1.89. The van der Waals surface area contributed by atoms with Crippen LogP contribution in [0.3, 0.4) is 0 Å². The highest BCUT2D eigenvalue weighted by Gasteiger charge is 2.43. The largest absolute Gasteiger partial charge is 0.573 e. The van der Waals surface area contributed by atoms with Gasteiger partial charge in [-0.05, 0) is 6.07 Å². The minimum Gasteiger partial charge on any atom is -0.402 e. The highest BCUT2D eigenvalue weighted by molar-refractivity contribution is 8.13. The maximum Gasteiger partial charge on any atom is 0.573 e. The van der Waals surface area contributed by atoms with Crippen LogP contribution >= 0.6 is 22.3 Å². The Kier molecular flexibility index (Phi) is 4.91. The number of nitrogens with zero attached hydrogens (tertiary/aromatic N) is 1. The van der Waals surface area contributed by atoms with E-state index in [0.717, 1.165) is 0 Å². The highest BCUT2D eigenvalue weighted by atomic mass is 35.7. The molecule has 0 amide bonds. The molecule has 0 saturated heterocycles. The highest BCUT2D eigenvalue weighted by Crippen LogP contribution is 2.42. The molecule has 0 aliphatic rings. The quantitative estimate of drug-likeness (QED) is 0.458.